The van der Waals surface area contributed by atoms with Crippen LogP contribution >= 0.6 is 0 Å². The van der Waals surface area contributed by atoms with Gasteiger partial charge in [0.25, 0.3) is 0 Å². The minimum Gasteiger partial charge on any atom is -0.461 e. The van der Waals surface area contributed by atoms with Gasteiger partial charge in [0.15, 0.2) is 5.69 Å². The van der Waals surface area contributed by atoms with Gasteiger partial charge in [-0.25, -0.2) is 9.78 Å². The minimum atomic E-state index is -0.417. The van der Waals surface area contributed by atoms with Gasteiger partial charge in [-0.3, -0.25) is 4.40 Å². The number of hydrogen-bond donors (Lipinski definition) is 2. The van der Waals surface area contributed by atoms with Gasteiger partial charge in [-0.15, -0.1) is 0 Å². The van der Waals surface area contributed by atoms with Crippen molar-refractivity contribution in [1.82, 2.24) is 9.38 Å². The van der Waals surface area contributed by atoms with Crippen molar-refractivity contribution in [3.63, 3.8) is 0 Å². The Morgan fingerprint density at radius 2 is 2.42 bits per heavy atom. The molecule has 6 heteroatoms. The maximum absolute atomic E-state index is 11.7. The van der Waals surface area contributed by atoms with E-state index in [2.05, 4.69) is 4.98 Å². The molecule has 6 nitrogen and oxygen atoms in total. The molecule has 19 heavy (non-hydrogen) atoms. The second kappa shape index (κ2) is 5.34. The van der Waals surface area contributed by atoms with E-state index in [1.54, 1.807) is 29.7 Å². The lowest BCUT2D eigenvalue weighted by Crippen LogP contribution is -2.08. The molecule has 3 N–H and O–H groups in total. The predicted octanol–water partition coefficient (Wildman–Crippen LogP) is 1.35. The van der Waals surface area contributed by atoms with Gasteiger partial charge in [0.2, 0.25) is 0 Å². The van der Waals surface area contributed by atoms with Gasteiger partial charge in [0.1, 0.15) is 5.65 Å². The highest BCUT2D eigenvalue weighted by atomic mass is 16.5. The van der Waals surface area contributed by atoms with Crippen LogP contribution in [-0.4, -0.2) is 27.7 Å². The number of nitrogens with one attached hydrogen (secondary N) is 1. The van der Waals surface area contributed by atoms with Crippen LogP contribution in [0.5, 0.6) is 0 Å². The summed E-state index contributed by atoms with van der Waals surface area (Å²) in [5.74, 6) is -0.417. The fraction of sp³-hybridized carbons (Fsp3) is 0.154. The molecule has 0 saturated carbocycles. The number of nitrogens with zero attached hydrogens (tertiary/aromatic N) is 2. The Labute approximate surface area is 110 Å². The number of esters is 1. The Morgan fingerprint density at radius 3 is 3.11 bits per heavy atom. The van der Waals surface area contributed by atoms with Crippen LogP contribution in [0.2, 0.25) is 0 Å². The van der Waals surface area contributed by atoms with E-state index in [1.807, 2.05) is 0 Å². The molecule has 2 heterocycles. The molecule has 0 aliphatic carbocycles. The molecule has 0 saturated heterocycles. The smallest absolute Gasteiger partial charge is 0.356 e. The van der Waals surface area contributed by atoms with E-state index < -0.39 is 5.97 Å². The van der Waals surface area contributed by atoms with E-state index in [0.717, 1.165) is 0 Å². The summed E-state index contributed by atoms with van der Waals surface area (Å²) in [6.45, 7) is 2.07. The summed E-state index contributed by atoms with van der Waals surface area (Å²) in [6.07, 6.45) is 5.94. The molecule has 98 valence electrons. The molecule has 2 rings (SSSR count). The number of imidazole rings is 1. The summed E-state index contributed by atoms with van der Waals surface area (Å²) < 4.78 is 6.57. The minimum absolute atomic E-state index is 0.283. The second-order valence-electron chi connectivity index (χ2n) is 3.78. The highest BCUT2D eigenvalue weighted by molar-refractivity contribution is 6.07. The molecule has 0 amide bonds. The van der Waals surface area contributed by atoms with E-state index in [-0.39, 0.29) is 5.71 Å². The van der Waals surface area contributed by atoms with Gasteiger partial charge in [0.05, 0.1) is 18.5 Å². The van der Waals surface area contributed by atoms with E-state index in [0.29, 0.717) is 23.5 Å². The predicted molar refractivity (Wildman–Crippen MR) is 71.3 cm³/mol. The van der Waals surface area contributed by atoms with Crippen molar-refractivity contribution in [3.8, 4) is 0 Å². The molecule has 0 fully saturated rings. The quantitative estimate of drug-likeness (QED) is 0.639. The summed E-state index contributed by atoms with van der Waals surface area (Å²) in [4.78, 5) is 15.8. The van der Waals surface area contributed by atoms with Crippen molar-refractivity contribution in [2.24, 2.45) is 5.73 Å². The number of allylic oxidation sites excluding steroid dienone is 1. The molecule has 0 aliphatic rings. The van der Waals surface area contributed by atoms with Crippen molar-refractivity contribution < 1.29 is 9.53 Å². The van der Waals surface area contributed by atoms with Crippen LogP contribution in [0.1, 0.15) is 23.0 Å². The lowest BCUT2D eigenvalue weighted by Gasteiger charge is -2.03. The molecule has 0 atom stereocenters. The number of carbonyl (C=O) groups excluding carboxylic acids is 1. The Morgan fingerprint density at radius 1 is 1.63 bits per heavy atom. The summed E-state index contributed by atoms with van der Waals surface area (Å²) in [6, 6.07) is 3.44. The van der Waals surface area contributed by atoms with Gasteiger partial charge < -0.3 is 15.9 Å². The van der Waals surface area contributed by atoms with Crippen LogP contribution in [0.15, 0.2) is 36.8 Å². The normalized spacial score (nSPS) is 11.0. The average Bonchev–Trinajstić information content (AvgIpc) is 2.82. The van der Waals surface area contributed by atoms with Crippen molar-refractivity contribution in [2.75, 3.05) is 6.61 Å². The highest BCUT2D eigenvalue weighted by Gasteiger charge is 2.13. The van der Waals surface area contributed by atoms with Gasteiger partial charge >= 0.3 is 5.97 Å². The summed E-state index contributed by atoms with van der Waals surface area (Å²) in [5, 5.41) is 7.77. The number of pyridine rings is 1. The highest BCUT2D eigenvalue weighted by Crippen LogP contribution is 2.11. The first-order valence-electron chi connectivity index (χ1n) is 5.78. The van der Waals surface area contributed by atoms with Crippen molar-refractivity contribution >= 4 is 17.3 Å². The molecular weight excluding hydrogens is 244 g/mol. The summed E-state index contributed by atoms with van der Waals surface area (Å²) >= 11 is 0. The Bertz CT molecular complexity index is 658. The third-order valence-electron chi connectivity index (χ3n) is 2.57. The van der Waals surface area contributed by atoms with Crippen LogP contribution in [0.3, 0.4) is 0 Å². The third kappa shape index (κ3) is 2.47. The molecule has 0 radical (unpaired) electrons. The van der Waals surface area contributed by atoms with Crippen molar-refractivity contribution in [3.05, 3.63) is 48.1 Å². The standard InChI is InChI=1S/C13H14N4O2/c1-2-19-13(18)11-8-16-12-7-9(4-6-17(11)12)10(15)3-5-14/h3-8,15H,2,14H2,1H3/b5-3-,15-10?. The maximum Gasteiger partial charge on any atom is 0.356 e. The van der Waals surface area contributed by atoms with E-state index >= 15 is 0 Å². The maximum atomic E-state index is 11.7. The number of aromatic nitrogens is 2. The molecule has 0 spiro atoms. The van der Waals surface area contributed by atoms with Crippen molar-refractivity contribution in [1.29, 1.82) is 5.41 Å². The number of fused-ring (bicyclic) bond motifs is 1. The van der Waals surface area contributed by atoms with Gasteiger partial charge in [-0.1, -0.05) is 0 Å². The van der Waals surface area contributed by atoms with E-state index in [4.69, 9.17) is 15.9 Å². The van der Waals surface area contributed by atoms with Gasteiger partial charge in [-0.05, 0) is 31.3 Å². The van der Waals surface area contributed by atoms with Crippen LogP contribution in [-0.2, 0) is 4.74 Å². The Hall–Kier alpha value is -2.63. The molecule has 0 bridgehead atoms. The average molecular weight is 258 g/mol. The third-order valence-corrected chi connectivity index (χ3v) is 2.57. The number of hydrogen-bond acceptors (Lipinski definition) is 5. The summed E-state index contributed by atoms with van der Waals surface area (Å²) in [7, 11) is 0. The topological polar surface area (TPSA) is 93.5 Å². The van der Waals surface area contributed by atoms with Crippen LogP contribution in [0.4, 0.5) is 0 Å². The van der Waals surface area contributed by atoms with Crippen molar-refractivity contribution in [2.45, 2.75) is 6.92 Å². The lowest BCUT2D eigenvalue weighted by molar-refractivity contribution is 0.0518. The van der Waals surface area contributed by atoms with Crippen LogP contribution in [0.25, 0.3) is 5.65 Å². The molecule has 2 aromatic heterocycles. The Balaban J connectivity index is 2.42. The largest absolute Gasteiger partial charge is 0.461 e. The second-order valence-corrected chi connectivity index (χ2v) is 3.78. The summed E-state index contributed by atoms with van der Waals surface area (Å²) in [5.41, 5.74) is 7.16. The zero-order valence-electron chi connectivity index (χ0n) is 10.5. The lowest BCUT2D eigenvalue weighted by atomic mass is 10.1. The zero-order valence-corrected chi connectivity index (χ0v) is 10.5. The van der Waals surface area contributed by atoms with Crippen LogP contribution < -0.4 is 5.73 Å². The molecule has 0 aliphatic heterocycles. The molecular formula is C13H14N4O2. The molecule has 2 aromatic rings. The number of carbonyl (C=O) groups is 1. The monoisotopic (exact) mass is 258 g/mol. The van der Waals surface area contributed by atoms with E-state index in [9.17, 15) is 4.79 Å². The molecule has 0 aromatic carbocycles. The Kier molecular flexibility index (Phi) is 3.61. The fourth-order valence-electron chi connectivity index (χ4n) is 1.70. The van der Waals surface area contributed by atoms with Gasteiger partial charge in [0, 0.05) is 11.8 Å². The first-order chi connectivity index (χ1) is 9.17. The SMILES string of the molecule is CCOC(=O)c1cnc2cc(C(=N)/C=C\N)ccn12. The van der Waals surface area contributed by atoms with Crippen LogP contribution in [0, 0.1) is 5.41 Å². The fourth-order valence-corrected chi connectivity index (χ4v) is 1.70. The first kappa shape index (κ1) is 12.8. The number of rotatable bonds is 4. The van der Waals surface area contributed by atoms with E-state index in [1.165, 1.54) is 18.5 Å². The molecule has 0 unspecified atom stereocenters. The zero-order chi connectivity index (χ0) is 13.8. The number of nitrogens with two attached hydrogens (primary N) is 1. The van der Waals surface area contributed by atoms with Gasteiger partial charge in [-0.2, -0.15) is 0 Å². The first-order valence-corrected chi connectivity index (χ1v) is 5.78. The number of ether oxygens (including phenoxy) is 1.